The van der Waals surface area contributed by atoms with Gasteiger partial charge in [-0.05, 0) is 6.07 Å². The third-order valence-corrected chi connectivity index (χ3v) is 3.23. The number of alkyl halides is 3. The molecule has 106 valence electrons. The number of rotatable bonds is 3. The molecule has 0 amide bonds. The number of hydrogen-bond donors (Lipinski definition) is 0. The highest BCUT2D eigenvalue weighted by Crippen LogP contribution is 2.31. The van der Waals surface area contributed by atoms with Crippen molar-refractivity contribution in [2.45, 2.75) is 12.7 Å². The summed E-state index contributed by atoms with van der Waals surface area (Å²) in [5.41, 5.74) is -0.905. The lowest BCUT2D eigenvalue weighted by Gasteiger charge is -2.40. The van der Waals surface area contributed by atoms with Crippen molar-refractivity contribution >= 4 is 5.82 Å². The minimum Gasteiger partial charge on any atom is -0.356 e. The van der Waals surface area contributed by atoms with Gasteiger partial charge in [-0.25, -0.2) is 9.97 Å². The van der Waals surface area contributed by atoms with E-state index in [1.54, 1.807) is 6.20 Å². The molecule has 3 heterocycles. The van der Waals surface area contributed by atoms with E-state index in [1.165, 1.54) is 0 Å². The van der Waals surface area contributed by atoms with Crippen LogP contribution in [0, 0.1) is 5.92 Å². The SMILES string of the molecule is FC(F)(F)c1cc(N2CC(Cn3cccn3)C2)ncn1. The van der Waals surface area contributed by atoms with Crippen LogP contribution in [-0.4, -0.2) is 32.8 Å². The molecule has 0 saturated carbocycles. The van der Waals surface area contributed by atoms with Gasteiger partial charge in [0, 0.05) is 44.0 Å². The van der Waals surface area contributed by atoms with E-state index in [9.17, 15) is 13.2 Å². The molecule has 0 aromatic carbocycles. The van der Waals surface area contributed by atoms with Crippen LogP contribution in [0.5, 0.6) is 0 Å². The number of anilines is 1. The molecule has 20 heavy (non-hydrogen) atoms. The summed E-state index contributed by atoms with van der Waals surface area (Å²) in [5.74, 6) is 0.697. The van der Waals surface area contributed by atoms with Crippen LogP contribution in [0.3, 0.4) is 0 Å². The smallest absolute Gasteiger partial charge is 0.356 e. The van der Waals surface area contributed by atoms with Gasteiger partial charge in [-0.2, -0.15) is 18.3 Å². The zero-order valence-electron chi connectivity index (χ0n) is 10.5. The summed E-state index contributed by atoms with van der Waals surface area (Å²) in [4.78, 5) is 8.96. The van der Waals surface area contributed by atoms with Crippen molar-refractivity contribution in [3.05, 3.63) is 36.5 Å². The van der Waals surface area contributed by atoms with Gasteiger partial charge in [-0.1, -0.05) is 0 Å². The monoisotopic (exact) mass is 283 g/mol. The van der Waals surface area contributed by atoms with Crippen molar-refractivity contribution in [3.63, 3.8) is 0 Å². The van der Waals surface area contributed by atoms with E-state index in [0.29, 0.717) is 24.8 Å². The van der Waals surface area contributed by atoms with Gasteiger partial charge in [0.1, 0.15) is 17.8 Å². The molecule has 0 radical (unpaired) electrons. The molecule has 0 N–H and O–H groups in total. The topological polar surface area (TPSA) is 46.8 Å². The standard InChI is InChI=1S/C12H12F3N5/c13-12(14,15)10-4-11(17-8-16-10)19-5-9(6-19)7-20-3-1-2-18-20/h1-4,8-9H,5-7H2. The first-order valence-electron chi connectivity index (χ1n) is 6.14. The molecule has 0 aliphatic carbocycles. The second-order valence-electron chi connectivity index (χ2n) is 4.76. The molecule has 1 aliphatic rings. The predicted molar refractivity (Wildman–Crippen MR) is 65.0 cm³/mol. The molecule has 2 aromatic heterocycles. The lowest BCUT2D eigenvalue weighted by Crippen LogP contribution is -2.49. The molecule has 0 atom stereocenters. The van der Waals surface area contributed by atoms with Crippen molar-refractivity contribution in [2.24, 2.45) is 5.92 Å². The van der Waals surface area contributed by atoms with Gasteiger partial charge in [-0.15, -0.1) is 0 Å². The summed E-state index contributed by atoms with van der Waals surface area (Å²) in [7, 11) is 0. The van der Waals surface area contributed by atoms with Crippen LogP contribution in [0.4, 0.5) is 19.0 Å². The third-order valence-electron chi connectivity index (χ3n) is 3.23. The van der Waals surface area contributed by atoms with E-state index >= 15 is 0 Å². The Morgan fingerprint density at radius 3 is 2.70 bits per heavy atom. The highest BCUT2D eigenvalue weighted by molar-refractivity contribution is 5.42. The molecule has 1 fully saturated rings. The molecule has 1 aliphatic heterocycles. The minimum absolute atomic E-state index is 0.323. The molecular weight excluding hydrogens is 271 g/mol. The van der Waals surface area contributed by atoms with E-state index in [1.807, 2.05) is 21.8 Å². The zero-order valence-corrected chi connectivity index (χ0v) is 10.5. The van der Waals surface area contributed by atoms with Gasteiger partial charge in [0.15, 0.2) is 0 Å². The Bertz CT molecular complexity index is 575. The highest BCUT2D eigenvalue weighted by atomic mass is 19.4. The quantitative estimate of drug-likeness (QED) is 0.862. The van der Waals surface area contributed by atoms with Gasteiger partial charge in [-0.3, -0.25) is 4.68 Å². The molecule has 0 unspecified atom stereocenters. The van der Waals surface area contributed by atoms with E-state index in [-0.39, 0.29) is 0 Å². The van der Waals surface area contributed by atoms with Crippen LogP contribution in [0.15, 0.2) is 30.9 Å². The van der Waals surface area contributed by atoms with Crippen LogP contribution in [0.2, 0.25) is 0 Å². The Morgan fingerprint density at radius 1 is 1.25 bits per heavy atom. The van der Waals surface area contributed by atoms with E-state index in [0.717, 1.165) is 18.9 Å². The third kappa shape index (κ3) is 2.59. The van der Waals surface area contributed by atoms with Gasteiger partial charge < -0.3 is 4.90 Å². The highest BCUT2D eigenvalue weighted by Gasteiger charge is 2.35. The Kier molecular flexibility index (Phi) is 3.07. The lowest BCUT2D eigenvalue weighted by molar-refractivity contribution is -0.141. The van der Waals surface area contributed by atoms with Gasteiger partial charge in [0.2, 0.25) is 0 Å². The van der Waals surface area contributed by atoms with Crippen molar-refractivity contribution < 1.29 is 13.2 Å². The molecule has 8 heteroatoms. The summed E-state index contributed by atoms with van der Waals surface area (Å²) < 4.78 is 39.5. The Labute approximate surface area is 113 Å². The van der Waals surface area contributed by atoms with Gasteiger partial charge in [0.05, 0.1) is 0 Å². The maximum Gasteiger partial charge on any atom is 0.433 e. The first-order valence-corrected chi connectivity index (χ1v) is 6.14. The van der Waals surface area contributed by atoms with Crippen LogP contribution in [0.1, 0.15) is 5.69 Å². The van der Waals surface area contributed by atoms with Crippen LogP contribution >= 0.6 is 0 Å². The number of hydrogen-bond acceptors (Lipinski definition) is 4. The molecule has 0 bridgehead atoms. The van der Waals surface area contributed by atoms with Gasteiger partial charge in [0.25, 0.3) is 0 Å². The second-order valence-corrected chi connectivity index (χ2v) is 4.76. The predicted octanol–water partition coefficient (Wildman–Crippen LogP) is 1.83. The lowest BCUT2D eigenvalue weighted by atomic mass is 10.0. The number of aromatic nitrogens is 4. The van der Waals surface area contributed by atoms with E-state index in [4.69, 9.17) is 0 Å². The van der Waals surface area contributed by atoms with Gasteiger partial charge >= 0.3 is 6.18 Å². The Balaban J connectivity index is 1.62. The molecule has 3 rings (SSSR count). The fourth-order valence-electron chi connectivity index (χ4n) is 2.22. The maximum absolute atomic E-state index is 12.6. The average molecular weight is 283 g/mol. The van der Waals surface area contributed by atoms with Crippen molar-refractivity contribution in [1.82, 2.24) is 19.7 Å². The number of nitrogens with zero attached hydrogens (tertiary/aromatic N) is 5. The fourth-order valence-corrected chi connectivity index (χ4v) is 2.22. The Morgan fingerprint density at radius 2 is 2.05 bits per heavy atom. The first kappa shape index (κ1) is 12.9. The van der Waals surface area contributed by atoms with Crippen molar-refractivity contribution in [1.29, 1.82) is 0 Å². The minimum atomic E-state index is -4.43. The summed E-state index contributed by atoms with van der Waals surface area (Å²) in [6, 6.07) is 2.83. The molecule has 1 saturated heterocycles. The van der Waals surface area contributed by atoms with Crippen molar-refractivity contribution in [2.75, 3.05) is 18.0 Å². The number of halogens is 3. The molecular formula is C12H12F3N5. The summed E-state index contributed by atoms with van der Waals surface area (Å²) in [6.07, 6.45) is 0.0988. The molecule has 5 nitrogen and oxygen atoms in total. The van der Waals surface area contributed by atoms with Crippen LogP contribution < -0.4 is 4.90 Å². The van der Waals surface area contributed by atoms with Crippen LogP contribution in [0.25, 0.3) is 0 Å². The summed E-state index contributed by atoms with van der Waals surface area (Å²) in [6.45, 7) is 2.11. The van der Waals surface area contributed by atoms with Crippen LogP contribution in [-0.2, 0) is 12.7 Å². The van der Waals surface area contributed by atoms with E-state index < -0.39 is 11.9 Å². The first-order chi connectivity index (χ1) is 9.52. The average Bonchev–Trinajstić information content (AvgIpc) is 2.85. The maximum atomic E-state index is 12.6. The van der Waals surface area contributed by atoms with E-state index in [2.05, 4.69) is 15.1 Å². The normalized spacial score (nSPS) is 16.2. The summed E-state index contributed by atoms with van der Waals surface area (Å²) >= 11 is 0. The van der Waals surface area contributed by atoms with Crippen molar-refractivity contribution in [3.8, 4) is 0 Å². The Hall–Kier alpha value is -2.12. The molecule has 2 aromatic rings. The zero-order chi connectivity index (χ0) is 14.2. The fraction of sp³-hybridized carbons (Fsp3) is 0.417. The molecule has 0 spiro atoms. The summed E-state index contributed by atoms with van der Waals surface area (Å²) in [5, 5.41) is 4.11. The second kappa shape index (κ2) is 4.77. The largest absolute Gasteiger partial charge is 0.433 e.